The molecule has 1 aromatic rings. The van der Waals surface area contributed by atoms with Crippen molar-refractivity contribution in [2.45, 2.75) is 37.3 Å². The molecule has 0 bridgehead atoms. The van der Waals surface area contributed by atoms with Crippen LogP contribution in [-0.2, 0) is 4.79 Å². The molecular formula is C16H20F2N2O3. The highest BCUT2D eigenvalue weighted by Gasteiger charge is 2.45. The number of halogens is 2. The molecule has 0 amide bonds. The monoisotopic (exact) mass is 326 g/mol. The Bertz CT molecular complexity index is 594. The van der Waals surface area contributed by atoms with Crippen LogP contribution in [0.1, 0.15) is 41.2 Å². The minimum absolute atomic E-state index is 0.0563. The fraction of sp³-hybridized carbons (Fsp3) is 0.500. The molecule has 0 fully saturated rings. The van der Waals surface area contributed by atoms with Crippen molar-refractivity contribution in [1.29, 1.82) is 0 Å². The number of nitrogens with one attached hydrogen (secondary N) is 2. The zero-order valence-electron chi connectivity index (χ0n) is 12.8. The van der Waals surface area contributed by atoms with Crippen LogP contribution in [0.4, 0.5) is 8.78 Å². The number of fused-ring (bicyclic) bond motifs is 1. The Kier molecular flexibility index (Phi) is 5.43. The molecule has 23 heavy (non-hydrogen) atoms. The molecule has 0 aliphatic heterocycles. The zero-order chi connectivity index (χ0) is 17.0. The van der Waals surface area contributed by atoms with Gasteiger partial charge >= 0.3 is 5.97 Å². The van der Waals surface area contributed by atoms with E-state index >= 15 is 0 Å². The summed E-state index contributed by atoms with van der Waals surface area (Å²) >= 11 is 0. The smallest absolute Gasteiger partial charge is 0.329 e. The largest absolute Gasteiger partial charge is 0.480 e. The summed E-state index contributed by atoms with van der Waals surface area (Å²) in [5, 5.41) is 14.5. The van der Waals surface area contributed by atoms with Crippen LogP contribution in [0.2, 0.25) is 0 Å². The molecule has 3 N–H and O–H groups in total. The molecule has 126 valence electrons. The summed E-state index contributed by atoms with van der Waals surface area (Å²) in [6.07, 6.45) is -2.61. The maximum atomic E-state index is 13.1. The Morgan fingerprint density at radius 3 is 2.74 bits per heavy atom. The number of hydrogen-bond acceptors (Lipinski definition) is 4. The minimum atomic E-state index is -3.00. The number of carboxylic acids is 1. The third-order valence-corrected chi connectivity index (χ3v) is 4.37. The van der Waals surface area contributed by atoms with Crippen LogP contribution in [0.15, 0.2) is 24.3 Å². The van der Waals surface area contributed by atoms with Gasteiger partial charge in [-0.05, 0) is 32.0 Å². The Morgan fingerprint density at radius 1 is 1.43 bits per heavy atom. The topological polar surface area (TPSA) is 78.4 Å². The summed E-state index contributed by atoms with van der Waals surface area (Å²) < 4.78 is 26.1. The van der Waals surface area contributed by atoms with E-state index < -0.39 is 17.9 Å². The summed E-state index contributed by atoms with van der Waals surface area (Å²) in [4.78, 5) is 23.0. The lowest BCUT2D eigenvalue weighted by Gasteiger charge is -2.28. The van der Waals surface area contributed by atoms with Crippen LogP contribution < -0.4 is 10.6 Å². The second-order valence-corrected chi connectivity index (χ2v) is 5.65. The lowest BCUT2D eigenvalue weighted by Crippen LogP contribution is -2.56. The van der Waals surface area contributed by atoms with Gasteiger partial charge in [0.1, 0.15) is 0 Å². The fourth-order valence-corrected chi connectivity index (χ4v) is 2.94. The van der Waals surface area contributed by atoms with Gasteiger partial charge in [-0.25, -0.2) is 13.6 Å². The molecule has 0 radical (unpaired) electrons. The quantitative estimate of drug-likeness (QED) is 0.637. The normalized spacial score (nSPS) is 19.7. The second-order valence-electron chi connectivity index (χ2n) is 5.65. The van der Waals surface area contributed by atoms with Crippen molar-refractivity contribution in [2.24, 2.45) is 0 Å². The molecule has 2 rings (SSSR count). The summed E-state index contributed by atoms with van der Waals surface area (Å²) in [6.45, 7) is 0.357. The van der Waals surface area contributed by atoms with Crippen molar-refractivity contribution in [3.8, 4) is 0 Å². The van der Waals surface area contributed by atoms with Gasteiger partial charge in [0.15, 0.2) is 11.3 Å². The second kappa shape index (κ2) is 7.14. The standard InChI is InChI=1S/C16H20F2N2O3/c1-19-16(14(17)18,15(22)23)7-4-8-20-12-9-13(21)11-6-3-2-5-10(11)12/h2-3,5-6,12,14,19-20H,4,7-9H2,1H3,(H,22,23). The van der Waals surface area contributed by atoms with Gasteiger partial charge in [0.05, 0.1) is 0 Å². The SMILES string of the molecule is CNC(CCCNC1CC(=O)c2ccccc21)(C(=O)O)C(F)F. The van der Waals surface area contributed by atoms with Gasteiger partial charge in [0.25, 0.3) is 6.43 Å². The van der Waals surface area contributed by atoms with Gasteiger partial charge in [0.2, 0.25) is 0 Å². The van der Waals surface area contributed by atoms with E-state index in [0.29, 0.717) is 18.5 Å². The maximum Gasteiger partial charge on any atom is 0.329 e. The first kappa shape index (κ1) is 17.5. The van der Waals surface area contributed by atoms with E-state index in [4.69, 9.17) is 5.11 Å². The van der Waals surface area contributed by atoms with Crippen molar-refractivity contribution >= 4 is 11.8 Å². The third-order valence-electron chi connectivity index (χ3n) is 4.37. The van der Waals surface area contributed by atoms with Gasteiger partial charge in [-0.15, -0.1) is 0 Å². The minimum Gasteiger partial charge on any atom is -0.480 e. The first-order valence-electron chi connectivity index (χ1n) is 7.48. The van der Waals surface area contributed by atoms with Gasteiger partial charge in [-0.1, -0.05) is 24.3 Å². The summed E-state index contributed by atoms with van der Waals surface area (Å²) in [5.74, 6) is -1.50. The first-order valence-corrected chi connectivity index (χ1v) is 7.48. The number of likely N-dealkylation sites (N-methyl/N-ethyl adjacent to an activating group) is 1. The third kappa shape index (κ3) is 3.40. The van der Waals surface area contributed by atoms with E-state index in [2.05, 4.69) is 10.6 Å². The Labute approximate surface area is 133 Å². The van der Waals surface area contributed by atoms with Gasteiger partial charge in [-0.3, -0.25) is 4.79 Å². The van der Waals surface area contributed by atoms with Crippen LogP contribution in [0.3, 0.4) is 0 Å². The van der Waals surface area contributed by atoms with E-state index in [1.54, 1.807) is 12.1 Å². The van der Waals surface area contributed by atoms with Gasteiger partial charge in [-0.2, -0.15) is 0 Å². The highest BCUT2D eigenvalue weighted by atomic mass is 19.3. The number of ketones is 1. The average molecular weight is 326 g/mol. The molecule has 0 saturated heterocycles. The number of aliphatic carboxylic acids is 1. The summed E-state index contributed by atoms with van der Waals surface area (Å²) in [5.41, 5.74) is -0.636. The molecule has 5 nitrogen and oxygen atoms in total. The van der Waals surface area contributed by atoms with Crippen LogP contribution >= 0.6 is 0 Å². The highest BCUT2D eigenvalue weighted by molar-refractivity contribution is 6.01. The molecule has 2 atom stereocenters. The van der Waals surface area contributed by atoms with Crippen LogP contribution in [0, 0.1) is 0 Å². The van der Waals surface area contributed by atoms with Crippen molar-refractivity contribution in [3.05, 3.63) is 35.4 Å². The van der Waals surface area contributed by atoms with Crippen molar-refractivity contribution in [3.63, 3.8) is 0 Å². The number of alkyl halides is 2. The number of carbonyl (C=O) groups excluding carboxylic acids is 1. The Balaban J connectivity index is 1.91. The van der Waals surface area contributed by atoms with E-state index in [0.717, 1.165) is 5.56 Å². The molecule has 1 aliphatic rings. The predicted octanol–water partition coefficient (Wildman–Crippen LogP) is 1.99. The van der Waals surface area contributed by atoms with Crippen molar-refractivity contribution in [1.82, 2.24) is 10.6 Å². The Morgan fingerprint density at radius 2 is 2.13 bits per heavy atom. The number of benzene rings is 1. The molecule has 2 unspecified atom stereocenters. The van der Waals surface area contributed by atoms with Gasteiger partial charge in [0, 0.05) is 18.0 Å². The fourth-order valence-electron chi connectivity index (χ4n) is 2.94. The maximum absolute atomic E-state index is 13.1. The molecule has 1 aromatic carbocycles. The van der Waals surface area contributed by atoms with E-state index in [-0.39, 0.29) is 24.7 Å². The molecule has 0 spiro atoms. The highest BCUT2D eigenvalue weighted by Crippen LogP contribution is 2.31. The number of carboxylic acid groups (broad SMARTS) is 1. The predicted molar refractivity (Wildman–Crippen MR) is 80.8 cm³/mol. The van der Waals surface area contributed by atoms with Crippen molar-refractivity contribution in [2.75, 3.05) is 13.6 Å². The van der Waals surface area contributed by atoms with Crippen LogP contribution in [0.25, 0.3) is 0 Å². The molecule has 0 heterocycles. The summed E-state index contributed by atoms with van der Waals surface area (Å²) in [7, 11) is 1.22. The summed E-state index contributed by atoms with van der Waals surface area (Å²) in [6, 6.07) is 7.15. The molecular weight excluding hydrogens is 306 g/mol. The molecule has 1 aliphatic carbocycles. The lowest BCUT2D eigenvalue weighted by atomic mass is 9.94. The lowest BCUT2D eigenvalue weighted by molar-refractivity contribution is -0.152. The number of carbonyl (C=O) groups is 2. The van der Waals surface area contributed by atoms with Crippen LogP contribution in [0.5, 0.6) is 0 Å². The number of rotatable bonds is 8. The van der Waals surface area contributed by atoms with E-state index in [9.17, 15) is 18.4 Å². The number of hydrogen-bond donors (Lipinski definition) is 3. The van der Waals surface area contributed by atoms with Crippen LogP contribution in [-0.4, -0.2) is 42.4 Å². The number of Topliss-reactive ketones (excluding diaryl/α,β-unsaturated/α-hetero) is 1. The first-order chi connectivity index (χ1) is 10.9. The molecule has 7 heteroatoms. The molecule has 0 saturated carbocycles. The average Bonchev–Trinajstić information content (AvgIpc) is 2.84. The zero-order valence-corrected chi connectivity index (χ0v) is 12.8. The van der Waals surface area contributed by atoms with E-state index in [1.165, 1.54) is 7.05 Å². The Hall–Kier alpha value is -1.86. The van der Waals surface area contributed by atoms with Crippen molar-refractivity contribution < 1.29 is 23.5 Å². The van der Waals surface area contributed by atoms with E-state index in [1.807, 2.05) is 12.1 Å². The molecule has 0 aromatic heterocycles. The van der Waals surface area contributed by atoms with Gasteiger partial charge < -0.3 is 15.7 Å².